The van der Waals surface area contributed by atoms with Gasteiger partial charge in [-0.15, -0.1) is 0 Å². The van der Waals surface area contributed by atoms with E-state index >= 15 is 0 Å². The highest BCUT2D eigenvalue weighted by atomic mass is 16.1. The monoisotopic (exact) mass is 474 g/mol. The Balaban J connectivity index is 1.41. The van der Waals surface area contributed by atoms with Crippen molar-refractivity contribution in [1.29, 1.82) is 0 Å². The lowest BCUT2D eigenvalue weighted by atomic mass is 10.0. The Bertz CT molecular complexity index is 1720. The van der Waals surface area contributed by atoms with Crippen LogP contribution in [0.4, 0.5) is 5.69 Å². The molecule has 1 aromatic carbocycles. The molecule has 0 atom stereocenters. The van der Waals surface area contributed by atoms with Crippen molar-refractivity contribution in [3.63, 3.8) is 0 Å². The van der Waals surface area contributed by atoms with Crippen molar-refractivity contribution in [2.45, 2.75) is 13.8 Å². The van der Waals surface area contributed by atoms with Gasteiger partial charge in [-0.25, -0.2) is 9.97 Å². The maximum absolute atomic E-state index is 12.1. The number of amides is 1. The van der Waals surface area contributed by atoms with E-state index in [9.17, 15) is 4.79 Å². The molecule has 0 radical (unpaired) electrons. The molecule has 5 aromatic heterocycles. The zero-order chi connectivity index (χ0) is 24.6. The van der Waals surface area contributed by atoms with Crippen LogP contribution in [0.3, 0.4) is 0 Å². The summed E-state index contributed by atoms with van der Waals surface area (Å²) in [7, 11) is 0. The van der Waals surface area contributed by atoms with Gasteiger partial charge in [0.15, 0.2) is 11.5 Å². The summed E-state index contributed by atoms with van der Waals surface area (Å²) in [6.45, 7) is 3.71. The summed E-state index contributed by atoms with van der Waals surface area (Å²) in [6.07, 6.45) is 6.91. The number of nitrogens with zero attached hydrogens (tertiary/aromatic N) is 5. The normalized spacial score (nSPS) is 11.4. The van der Waals surface area contributed by atoms with E-state index < -0.39 is 0 Å². The van der Waals surface area contributed by atoms with Crippen LogP contribution in [-0.4, -0.2) is 41.0 Å². The molecule has 0 aliphatic heterocycles. The molecule has 9 nitrogen and oxygen atoms in total. The molecule has 0 saturated heterocycles. The summed E-state index contributed by atoms with van der Waals surface area (Å²) in [5, 5.41) is 11.4. The SMILES string of the molecule is CC(C)C(=O)Nc1cncc(-c2ccc3[nH]nc(-c4nc5nccc(-c6ccccn6)c5[nH]4)c3c2)c1. The zero-order valence-electron chi connectivity index (χ0n) is 19.6. The van der Waals surface area contributed by atoms with Gasteiger partial charge in [-0.3, -0.25) is 19.9 Å². The number of carbonyl (C=O) groups excluding carboxylic acids is 1. The second kappa shape index (κ2) is 8.70. The third kappa shape index (κ3) is 3.86. The first kappa shape index (κ1) is 21.6. The van der Waals surface area contributed by atoms with Crippen LogP contribution in [-0.2, 0) is 4.79 Å². The lowest BCUT2D eigenvalue weighted by Crippen LogP contribution is -2.17. The van der Waals surface area contributed by atoms with E-state index in [2.05, 4.69) is 35.5 Å². The van der Waals surface area contributed by atoms with E-state index in [1.54, 1.807) is 24.8 Å². The highest BCUT2D eigenvalue weighted by Crippen LogP contribution is 2.32. The van der Waals surface area contributed by atoms with Crippen LogP contribution in [0.15, 0.2) is 73.3 Å². The fourth-order valence-corrected chi connectivity index (χ4v) is 4.09. The molecule has 0 saturated carbocycles. The maximum atomic E-state index is 12.1. The molecule has 176 valence electrons. The molecule has 0 bridgehead atoms. The summed E-state index contributed by atoms with van der Waals surface area (Å²) in [6, 6.07) is 15.6. The number of aromatic nitrogens is 7. The van der Waals surface area contributed by atoms with Crippen molar-refractivity contribution in [2.75, 3.05) is 5.32 Å². The average Bonchev–Trinajstić information content (AvgIpc) is 3.53. The quantitative estimate of drug-likeness (QED) is 0.315. The number of nitrogens with one attached hydrogen (secondary N) is 3. The van der Waals surface area contributed by atoms with Crippen LogP contribution in [0.5, 0.6) is 0 Å². The fraction of sp³-hybridized carbons (Fsp3) is 0.111. The Morgan fingerprint density at radius 2 is 1.89 bits per heavy atom. The number of imidazole rings is 1. The summed E-state index contributed by atoms with van der Waals surface area (Å²) >= 11 is 0. The van der Waals surface area contributed by atoms with Gasteiger partial charge in [-0.2, -0.15) is 5.10 Å². The minimum absolute atomic E-state index is 0.0508. The van der Waals surface area contributed by atoms with Gasteiger partial charge >= 0.3 is 0 Å². The second-order valence-corrected chi connectivity index (χ2v) is 8.80. The first-order valence-electron chi connectivity index (χ1n) is 11.6. The average molecular weight is 475 g/mol. The van der Waals surface area contributed by atoms with Crippen molar-refractivity contribution in [3.05, 3.63) is 73.3 Å². The standard InChI is InChI=1S/C27H22N8O/c1-15(2)27(36)31-18-11-17(13-28-14-18)16-6-7-22-20(12-16)24(35-34-22)26-32-23-19(8-10-30-25(23)33-26)21-5-3-4-9-29-21/h3-15H,1-2H3,(H,31,36)(H,34,35)(H,30,32,33). The molecule has 0 fully saturated rings. The molecule has 3 N–H and O–H groups in total. The van der Waals surface area contributed by atoms with E-state index in [4.69, 9.17) is 4.98 Å². The lowest BCUT2D eigenvalue weighted by molar-refractivity contribution is -0.118. The molecule has 0 spiro atoms. The first-order chi connectivity index (χ1) is 17.6. The Labute approximate surface area is 206 Å². The number of anilines is 1. The molecule has 0 unspecified atom stereocenters. The summed E-state index contributed by atoms with van der Waals surface area (Å²) in [5.74, 6) is 0.445. The van der Waals surface area contributed by atoms with Gasteiger partial charge < -0.3 is 10.3 Å². The summed E-state index contributed by atoms with van der Waals surface area (Å²) < 4.78 is 0. The van der Waals surface area contributed by atoms with Crippen molar-refractivity contribution < 1.29 is 4.79 Å². The number of H-pyrrole nitrogens is 2. The van der Waals surface area contributed by atoms with Crippen LogP contribution < -0.4 is 5.32 Å². The van der Waals surface area contributed by atoms with Crippen molar-refractivity contribution in [1.82, 2.24) is 35.1 Å². The van der Waals surface area contributed by atoms with E-state index in [1.807, 2.05) is 62.4 Å². The number of carbonyl (C=O) groups is 1. The number of fused-ring (bicyclic) bond motifs is 2. The van der Waals surface area contributed by atoms with Gasteiger partial charge in [-0.05, 0) is 42.0 Å². The van der Waals surface area contributed by atoms with Crippen molar-refractivity contribution in [3.8, 4) is 33.9 Å². The van der Waals surface area contributed by atoms with Gasteiger partial charge in [0.2, 0.25) is 5.91 Å². The van der Waals surface area contributed by atoms with E-state index in [0.29, 0.717) is 22.9 Å². The second-order valence-electron chi connectivity index (χ2n) is 8.80. The minimum atomic E-state index is -0.116. The van der Waals surface area contributed by atoms with E-state index in [-0.39, 0.29) is 11.8 Å². The van der Waals surface area contributed by atoms with E-state index in [1.165, 1.54) is 0 Å². The third-order valence-electron chi connectivity index (χ3n) is 5.98. The Morgan fingerprint density at radius 1 is 0.972 bits per heavy atom. The van der Waals surface area contributed by atoms with Gasteiger partial charge in [0.25, 0.3) is 0 Å². The maximum Gasteiger partial charge on any atom is 0.226 e. The van der Waals surface area contributed by atoms with Crippen LogP contribution in [0.1, 0.15) is 13.8 Å². The lowest BCUT2D eigenvalue weighted by Gasteiger charge is -2.09. The van der Waals surface area contributed by atoms with Crippen LogP contribution in [0.2, 0.25) is 0 Å². The largest absolute Gasteiger partial charge is 0.335 e. The molecule has 9 heteroatoms. The molecular weight excluding hydrogens is 452 g/mol. The first-order valence-corrected chi connectivity index (χ1v) is 11.6. The number of hydrogen-bond acceptors (Lipinski definition) is 6. The predicted octanol–water partition coefficient (Wildman–Crippen LogP) is 5.22. The molecule has 5 heterocycles. The van der Waals surface area contributed by atoms with Crippen molar-refractivity contribution >= 4 is 33.7 Å². The molecule has 6 aromatic rings. The van der Waals surface area contributed by atoms with Gasteiger partial charge in [0.05, 0.1) is 28.6 Å². The molecule has 36 heavy (non-hydrogen) atoms. The smallest absolute Gasteiger partial charge is 0.226 e. The van der Waals surface area contributed by atoms with Crippen LogP contribution >= 0.6 is 0 Å². The summed E-state index contributed by atoms with van der Waals surface area (Å²) in [4.78, 5) is 33.5. The van der Waals surface area contributed by atoms with Crippen LogP contribution in [0.25, 0.3) is 56.0 Å². The third-order valence-corrected chi connectivity index (χ3v) is 5.98. The number of hydrogen-bond donors (Lipinski definition) is 3. The number of benzene rings is 1. The zero-order valence-corrected chi connectivity index (χ0v) is 19.6. The van der Waals surface area contributed by atoms with Crippen LogP contribution in [0, 0.1) is 5.92 Å². The highest BCUT2D eigenvalue weighted by molar-refractivity contribution is 5.97. The fourth-order valence-electron chi connectivity index (χ4n) is 4.09. The Hall–Kier alpha value is -4.92. The molecule has 1 amide bonds. The van der Waals surface area contributed by atoms with Gasteiger partial charge in [0, 0.05) is 41.0 Å². The number of pyridine rings is 3. The molecule has 0 aliphatic rings. The van der Waals surface area contributed by atoms with Gasteiger partial charge in [0.1, 0.15) is 5.69 Å². The van der Waals surface area contributed by atoms with Gasteiger partial charge in [-0.1, -0.05) is 26.0 Å². The summed E-state index contributed by atoms with van der Waals surface area (Å²) in [5.41, 5.74) is 7.21. The minimum Gasteiger partial charge on any atom is -0.335 e. The Morgan fingerprint density at radius 3 is 2.72 bits per heavy atom. The Kier molecular flexibility index (Phi) is 5.22. The molecular formula is C27H22N8O. The van der Waals surface area contributed by atoms with E-state index in [0.717, 1.165) is 38.8 Å². The number of rotatable bonds is 5. The molecule has 0 aliphatic carbocycles. The predicted molar refractivity (Wildman–Crippen MR) is 139 cm³/mol. The highest BCUT2D eigenvalue weighted by Gasteiger charge is 2.17. The number of aromatic amines is 2. The topological polar surface area (TPSA) is 125 Å². The molecule has 6 rings (SSSR count). The van der Waals surface area contributed by atoms with Crippen molar-refractivity contribution in [2.24, 2.45) is 5.92 Å².